The van der Waals surface area contributed by atoms with E-state index >= 15 is 0 Å². The second-order valence-corrected chi connectivity index (χ2v) is 6.51. The Bertz CT molecular complexity index is 975. The van der Waals surface area contributed by atoms with Crippen LogP contribution in [0.3, 0.4) is 0 Å². The smallest absolute Gasteiger partial charge is 0.314 e. The molecule has 1 heterocycles. The molecule has 9 heteroatoms. The molecular weight excluding hydrogens is 390 g/mol. The first-order valence-corrected chi connectivity index (χ1v) is 9.29. The van der Waals surface area contributed by atoms with E-state index in [1.807, 2.05) is 0 Å². The lowest BCUT2D eigenvalue weighted by Crippen LogP contribution is -2.29. The quantitative estimate of drug-likeness (QED) is 0.705. The van der Waals surface area contributed by atoms with Gasteiger partial charge in [0.05, 0.1) is 32.7 Å². The van der Waals surface area contributed by atoms with Crippen molar-refractivity contribution in [1.29, 1.82) is 0 Å². The average molecular weight is 413 g/mol. The minimum atomic E-state index is -0.879. The zero-order valence-corrected chi connectivity index (χ0v) is 17.0. The van der Waals surface area contributed by atoms with Gasteiger partial charge in [0.2, 0.25) is 5.91 Å². The number of amides is 3. The van der Waals surface area contributed by atoms with Crippen molar-refractivity contribution in [3.63, 3.8) is 0 Å². The van der Waals surface area contributed by atoms with Crippen molar-refractivity contribution in [3.05, 3.63) is 36.4 Å². The second kappa shape index (κ2) is 9.17. The fraction of sp³-hybridized carbons (Fsp3) is 0.286. The van der Waals surface area contributed by atoms with Crippen molar-refractivity contribution in [3.8, 4) is 17.2 Å². The molecule has 2 aromatic carbocycles. The normalized spacial score (nSPS) is 13.0. The van der Waals surface area contributed by atoms with Gasteiger partial charge in [-0.05, 0) is 36.8 Å². The van der Waals surface area contributed by atoms with Crippen molar-refractivity contribution in [2.24, 2.45) is 0 Å². The summed E-state index contributed by atoms with van der Waals surface area (Å²) in [6.45, 7) is 0.572. The Morgan fingerprint density at radius 2 is 1.60 bits per heavy atom. The van der Waals surface area contributed by atoms with Gasteiger partial charge in [0, 0.05) is 24.7 Å². The molecule has 0 radical (unpaired) electrons. The Labute approximate surface area is 173 Å². The molecule has 0 spiro atoms. The third-order valence-electron chi connectivity index (χ3n) is 4.66. The highest BCUT2D eigenvalue weighted by atomic mass is 16.5. The van der Waals surface area contributed by atoms with E-state index < -0.39 is 11.8 Å². The van der Waals surface area contributed by atoms with Gasteiger partial charge in [-0.25, -0.2) is 0 Å². The molecule has 2 aromatic rings. The highest BCUT2D eigenvalue weighted by Gasteiger charge is 2.25. The number of hydrogen-bond donors (Lipinski definition) is 2. The molecule has 3 amide bonds. The minimum absolute atomic E-state index is 0.0142. The number of nitrogens with one attached hydrogen (secondary N) is 2. The minimum Gasteiger partial charge on any atom is -0.497 e. The number of rotatable bonds is 6. The molecule has 1 aliphatic rings. The van der Waals surface area contributed by atoms with Crippen LogP contribution >= 0.6 is 0 Å². The van der Waals surface area contributed by atoms with E-state index in [9.17, 15) is 14.4 Å². The highest BCUT2D eigenvalue weighted by molar-refractivity contribution is 6.43. The van der Waals surface area contributed by atoms with Crippen LogP contribution in [0.5, 0.6) is 17.2 Å². The van der Waals surface area contributed by atoms with E-state index in [1.165, 1.54) is 21.3 Å². The standard InChI is InChI=1S/C21H23N3O6/c1-28-14-7-9-17(29-2)15(12-14)23-21(27)20(26)22-13-6-8-18(30-3)16(11-13)24-10-4-5-19(24)25/h6-9,11-12H,4-5,10H2,1-3H3,(H,22,26)(H,23,27). The summed E-state index contributed by atoms with van der Waals surface area (Å²) < 4.78 is 15.7. The molecule has 0 aliphatic carbocycles. The Hall–Kier alpha value is -3.75. The van der Waals surface area contributed by atoms with Gasteiger partial charge < -0.3 is 29.7 Å². The molecule has 158 valence electrons. The summed E-state index contributed by atoms with van der Waals surface area (Å²) in [5, 5.41) is 5.05. The van der Waals surface area contributed by atoms with Crippen molar-refractivity contribution in [2.75, 3.05) is 43.4 Å². The fourth-order valence-corrected chi connectivity index (χ4v) is 3.16. The number of methoxy groups -OCH3 is 3. The fourth-order valence-electron chi connectivity index (χ4n) is 3.16. The summed E-state index contributed by atoms with van der Waals surface area (Å²) in [7, 11) is 4.45. The van der Waals surface area contributed by atoms with Crippen molar-refractivity contribution < 1.29 is 28.6 Å². The molecule has 0 atom stereocenters. The van der Waals surface area contributed by atoms with Gasteiger partial charge in [0.1, 0.15) is 17.2 Å². The van der Waals surface area contributed by atoms with Gasteiger partial charge >= 0.3 is 11.8 Å². The third kappa shape index (κ3) is 4.45. The number of anilines is 3. The van der Waals surface area contributed by atoms with Crippen molar-refractivity contribution in [1.82, 2.24) is 0 Å². The lowest BCUT2D eigenvalue weighted by Gasteiger charge is -2.20. The molecule has 1 saturated heterocycles. The van der Waals surface area contributed by atoms with Crippen LogP contribution in [0, 0.1) is 0 Å². The van der Waals surface area contributed by atoms with E-state index in [0.29, 0.717) is 47.3 Å². The summed E-state index contributed by atoms with van der Waals surface area (Å²) >= 11 is 0. The molecule has 0 unspecified atom stereocenters. The molecule has 1 fully saturated rings. The lowest BCUT2D eigenvalue weighted by molar-refractivity contribution is -0.133. The monoisotopic (exact) mass is 413 g/mol. The van der Waals surface area contributed by atoms with Gasteiger partial charge in [-0.1, -0.05) is 0 Å². The van der Waals surface area contributed by atoms with Gasteiger partial charge in [0.25, 0.3) is 0 Å². The summed E-state index contributed by atoms with van der Waals surface area (Å²) in [6.07, 6.45) is 1.22. The predicted octanol–water partition coefficient (Wildman–Crippen LogP) is 2.42. The van der Waals surface area contributed by atoms with Crippen LogP contribution in [0.25, 0.3) is 0 Å². The SMILES string of the molecule is COc1ccc(OC)c(NC(=O)C(=O)Nc2ccc(OC)c(N3CCCC3=O)c2)c1. The van der Waals surface area contributed by atoms with Gasteiger partial charge in [0.15, 0.2) is 0 Å². The topological polar surface area (TPSA) is 106 Å². The van der Waals surface area contributed by atoms with Crippen LogP contribution < -0.4 is 29.7 Å². The number of hydrogen-bond acceptors (Lipinski definition) is 6. The first kappa shape index (κ1) is 21.0. The molecule has 2 N–H and O–H groups in total. The Balaban J connectivity index is 1.76. The summed E-state index contributed by atoms with van der Waals surface area (Å²) in [4.78, 5) is 38.5. The van der Waals surface area contributed by atoms with E-state index in [0.717, 1.165) is 6.42 Å². The number of nitrogens with zero attached hydrogens (tertiary/aromatic N) is 1. The zero-order chi connectivity index (χ0) is 21.7. The second-order valence-electron chi connectivity index (χ2n) is 6.51. The first-order chi connectivity index (χ1) is 14.5. The number of carbonyl (C=O) groups excluding carboxylic acids is 3. The largest absolute Gasteiger partial charge is 0.497 e. The van der Waals surface area contributed by atoms with Crippen LogP contribution in [0.1, 0.15) is 12.8 Å². The van der Waals surface area contributed by atoms with Crippen molar-refractivity contribution >= 4 is 34.8 Å². The molecule has 1 aliphatic heterocycles. The zero-order valence-electron chi connectivity index (χ0n) is 17.0. The van der Waals surface area contributed by atoms with Crippen LogP contribution in [0.15, 0.2) is 36.4 Å². The van der Waals surface area contributed by atoms with E-state index in [-0.39, 0.29) is 5.91 Å². The van der Waals surface area contributed by atoms with Crippen LogP contribution in [-0.2, 0) is 14.4 Å². The highest BCUT2D eigenvalue weighted by Crippen LogP contribution is 2.34. The predicted molar refractivity (Wildman–Crippen MR) is 111 cm³/mol. The van der Waals surface area contributed by atoms with Crippen LogP contribution in [0.2, 0.25) is 0 Å². The number of ether oxygens (including phenoxy) is 3. The molecule has 3 rings (SSSR count). The number of carbonyl (C=O) groups is 3. The van der Waals surface area contributed by atoms with Gasteiger partial charge in [-0.15, -0.1) is 0 Å². The Morgan fingerprint density at radius 1 is 0.900 bits per heavy atom. The van der Waals surface area contributed by atoms with E-state index in [4.69, 9.17) is 14.2 Å². The Morgan fingerprint density at radius 3 is 2.23 bits per heavy atom. The summed E-state index contributed by atoms with van der Waals surface area (Å²) in [6, 6.07) is 9.69. The van der Waals surface area contributed by atoms with E-state index in [2.05, 4.69) is 10.6 Å². The van der Waals surface area contributed by atoms with Gasteiger partial charge in [-0.2, -0.15) is 0 Å². The lowest BCUT2D eigenvalue weighted by atomic mass is 10.2. The first-order valence-electron chi connectivity index (χ1n) is 9.29. The summed E-state index contributed by atoms with van der Waals surface area (Å²) in [5.41, 5.74) is 1.21. The van der Waals surface area contributed by atoms with Crippen LogP contribution in [-0.4, -0.2) is 45.6 Å². The van der Waals surface area contributed by atoms with Crippen molar-refractivity contribution in [2.45, 2.75) is 12.8 Å². The molecule has 9 nitrogen and oxygen atoms in total. The molecular formula is C21H23N3O6. The third-order valence-corrected chi connectivity index (χ3v) is 4.66. The number of benzene rings is 2. The summed E-state index contributed by atoms with van der Waals surface area (Å²) in [5.74, 6) is -0.369. The molecule has 30 heavy (non-hydrogen) atoms. The Kier molecular flexibility index (Phi) is 6.41. The average Bonchev–Trinajstić information content (AvgIpc) is 3.19. The van der Waals surface area contributed by atoms with Gasteiger partial charge in [-0.3, -0.25) is 14.4 Å². The molecule has 0 bridgehead atoms. The maximum Gasteiger partial charge on any atom is 0.314 e. The van der Waals surface area contributed by atoms with E-state index in [1.54, 1.807) is 41.3 Å². The maximum atomic E-state index is 12.4. The van der Waals surface area contributed by atoms with Crippen LogP contribution in [0.4, 0.5) is 17.1 Å². The molecule has 0 saturated carbocycles. The maximum absolute atomic E-state index is 12.4. The molecule has 0 aromatic heterocycles.